The molecule has 6 heteroatoms. The van der Waals surface area contributed by atoms with Gasteiger partial charge in [-0.1, -0.05) is 51.1 Å². The van der Waals surface area contributed by atoms with Crippen molar-refractivity contribution in [2.75, 3.05) is 0 Å². The van der Waals surface area contributed by atoms with Gasteiger partial charge in [0, 0.05) is 28.5 Å². The number of Topliss-reactive ketones (excluding diaryl/α,β-unsaturated/α-hetero) is 1. The summed E-state index contributed by atoms with van der Waals surface area (Å²) in [7, 11) is 0. The highest BCUT2D eigenvalue weighted by atomic mass is 79.9. The van der Waals surface area contributed by atoms with Crippen LogP contribution in [-0.4, -0.2) is 11.8 Å². The maximum Gasteiger partial charge on any atom is 0.352 e. The Labute approximate surface area is 205 Å². The van der Waals surface area contributed by atoms with E-state index in [-0.39, 0.29) is 11.2 Å². The predicted octanol–water partition coefficient (Wildman–Crippen LogP) is 8.35. The molecule has 0 saturated heterocycles. The fourth-order valence-electron chi connectivity index (χ4n) is 3.57. The SMILES string of the molecule is CC(=O)OOc1ccc2cc(-c3cc4ccc(C(=O)CCC(C)(C)C)cc4s3)ccc2c1Br. The third-order valence-corrected chi connectivity index (χ3v) is 7.36. The number of hydrogen-bond donors (Lipinski definition) is 0. The Morgan fingerprint density at radius 1 is 0.970 bits per heavy atom. The second kappa shape index (κ2) is 9.27. The van der Waals surface area contributed by atoms with Crippen LogP contribution in [0.1, 0.15) is 50.9 Å². The summed E-state index contributed by atoms with van der Waals surface area (Å²) in [5.74, 6) is 0.126. The van der Waals surface area contributed by atoms with Gasteiger partial charge in [0.15, 0.2) is 11.5 Å². The molecule has 0 radical (unpaired) electrons. The van der Waals surface area contributed by atoms with Gasteiger partial charge in [-0.3, -0.25) is 14.6 Å². The van der Waals surface area contributed by atoms with Gasteiger partial charge in [-0.15, -0.1) is 11.3 Å². The Morgan fingerprint density at radius 3 is 2.45 bits per heavy atom. The van der Waals surface area contributed by atoms with Crippen molar-refractivity contribution in [2.45, 2.75) is 40.5 Å². The summed E-state index contributed by atoms with van der Waals surface area (Å²) in [6.45, 7) is 7.76. The fourth-order valence-corrected chi connectivity index (χ4v) is 5.23. The summed E-state index contributed by atoms with van der Waals surface area (Å²) >= 11 is 5.23. The lowest BCUT2D eigenvalue weighted by atomic mass is 9.88. The maximum absolute atomic E-state index is 12.7. The van der Waals surface area contributed by atoms with E-state index in [1.807, 2.05) is 30.3 Å². The quantitative estimate of drug-likeness (QED) is 0.144. The lowest BCUT2D eigenvalue weighted by Gasteiger charge is -2.16. The number of benzene rings is 3. The van der Waals surface area contributed by atoms with Crippen molar-refractivity contribution in [3.63, 3.8) is 0 Å². The van der Waals surface area contributed by atoms with Crippen LogP contribution in [0.5, 0.6) is 5.75 Å². The molecule has 0 aliphatic heterocycles. The first-order valence-corrected chi connectivity index (χ1v) is 12.4. The summed E-state index contributed by atoms with van der Waals surface area (Å²) in [4.78, 5) is 34.6. The number of rotatable bonds is 6. The molecule has 33 heavy (non-hydrogen) atoms. The van der Waals surface area contributed by atoms with E-state index in [1.54, 1.807) is 17.4 Å². The molecule has 0 saturated carbocycles. The van der Waals surface area contributed by atoms with Crippen LogP contribution in [0.15, 0.2) is 59.1 Å². The van der Waals surface area contributed by atoms with Crippen molar-refractivity contribution in [1.29, 1.82) is 0 Å². The highest BCUT2D eigenvalue weighted by Crippen LogP contribution is 2.39. The van der Waals surface area contributed by atoms with Crippen LogP contribution in [0.2, 0.25) is 0 Å². The topological polar surface area (TPSA) is 52.6 Å². The highest BCUT2D eigenvalue weighted by molar-refractivity contribution is 9.10. The lowest BCUT2D eigenvalue weighted by Crippen LogP contribution is -2.09. The van der Waals surface area contributed by atoms with Gasteiger partial charge in [-0.25, -0.2) is 4.79 Å². The number of carbonyl (C=O) groups excluding carboxylic acids is 2. The van der Waals surface area contributed by atoms with Gasteiger partial charge in [0.1, 0.15) is 0 Å². The molecule has 0 aliphatic carbocycles. The van der Waals surface area contributed by atoms with Crippen molar-refractivity contribution < 1.29 is 19.4 Å². The van der Waals surface area contributed by atoms with Crippen molar-refractivity contribution in [3.05, 3.63) is 64.6 Å². The molecule has 1 heterocycles. The van der Waals surface area contributed by atoms with Crippen LogP contribution in [0.25, 0.3) is 31.3 Å². The number of ketones is 1. The van der Waals surface area contributed by atoms with Gasteiger partial charge in [0.25, 0.3) is 0 Å². The number of fused-ring (bicyclic) bond motifs is 2. The molecular weight excluding hydrogens is 500 g/mol. The molecule has 0 aliphatic rings. The third-order valence-electron chi connectivity index (χ3n) is 5.40. The minimum Gasteiger partial charge on any atom is -0.294 e. The average molecular weight is 525 g/mol. The Hall–Kier alpha value is -2.70. The molecule has 0 bridgehead atoms. The second-order valence-corrected chi connectivity index (χ2v) is 11.2. The zero-order chi connectivity index (χ0) is 23.8. The Kier molecular flexibility index (Phi) is 6.59. The van der Waals surface area contributed by atoms with Crippen LogP contribution in [0.3, 0.4) is 0 Å². The molecule has 0 amide bonds. The number of hydrogen-bond acceptors (Lipinski definition) is 5. The molecule has 0 unspecified atom stereocenters. The van der Waals surface area contributed by atoms with Gasteiger partial charge in [-0.05, 0) is 73.8 Å². The minimum atomic E-state index is -0.513. The normalized spacial score (nSPS) is 11.7. The monoisotopic (exact) mass is 524 g/mol. The zero-order valence-electron chi connectivity index (χ0n) is 19.0. The largest absolute Gasteiger partial charge is 0.352 e. The van der Waals surface area contributed by atoms with Gasteiger partial charge >= 0.3 is 5.97 Å². The number of thiophene rings is 1. The Bertz CT molecular complexity index is 1360. The summed E-state index contributed by atoms with van der Waals surface area (Å²) in [6.07, 6.45) is 1.44. The van der Waals surface area contributed by atoms with Crippen molar-refractivity contribution in [1.82, 2.24) is 0 Å². The average Bonchev–Trinajstić information content (AvgIpc) is 3.19. The lowest BCUT2D eigenvalue weighted by molar-refractivity contribution is -0.211. The maximum atomic E-state index is 12.7. The fraction of sp³-hybridized carbons (Fsp3) is 0.259. The van der Waals surface area contributed by atoms with E-state index >= 15 is 0 Å². The molecule has 0 spiro atoms. The Morgan fingerprint density at radius 2 is 1.73 bits per heavy atom. The molecule has 170 valence electrons. The first-order chi connectivity index (χ1) is 15.6. The zero-order valence-corrected chi connectivity index (χ0v) is 21.4. The van der Waals surface area contributed by atoms with E-state index in [0.29, 0.717) is 12.2 Å². The third kappa shape index (κ3) is 5.45. The molecule has 4 nitrogen and oxygen atoms in total. The van der Waals surface area contributed by atoms with Gasteiger partial charge in [0.2, 0.25) is 0 Å². The minimum absolute atomic E-state index is 0.147. The standard InChI is InChI=1S/C27H25BrO4S/c1-16(29)31-32-23-10-8-17-13-19(7-9-21(17)26(23)28)25-15-20-6-5-18(14-24(20)33-25)22(30)11-12-27(2,3)4/h5-10,13-15H,11-12H2,1-4H3. The van der Waals surface area contributed by atoms with E-state index in [0.717, 1.165) is 47.8 Å². The van der Waals surface area contributed by atoms with Crippen molar-refractivity contribution >= 4 is 59.9 Å². The van der Waals surface area contributed by atoms with Gasteiger partial charge < -0.3 is 0 Å². The first-order valence-electron chi connectivity index (χ1n) is 10.8. The second-order valence-electron chi connectivity index (χ2n) is 9.32. The molecule has 1 aromatic heterocycles. The molecule has 0 N–H and O–H groups in total. The summed E-state index contributed by atoms with van der Waals surface area (Å²) in [5, 5.41) is 3.12. The highest BCUT2D eigenvalue weighted by Gasteiger charge is 2.16. The smallest absolute Gasteiger partial charge is 0.294 e. The van der Waals surface area contributed by atoms with E-state index in [9.17, 15) is 9.59 Å². The van der Waals surface area contributed by atoms with E-state index in [1.165, 1.54) is 6.92 Å². The predicted molar refractivity (Wildman–Crippen MR) is 138 cm³/mol. The van der Waals surface area contributed by atoms with Crippen LogP contribution in [-0.2, 0) is 9.68 Å². The summed E-state index contributed by atoms with van der Waals surface area (Å²) < 4.78 is 1.83. The van der Waals surface area contributed by atoms with E-state index in [4.69, 9.17) is 4.89 Å². The van der Waals surface area contributed by atoms with Crippen molar-refractivity contribution in [2.24, 2.45) is 5.41 Å². The van der Waals surface area contributed by atoms with E-state index < -0.39 is 5.97 Å². The molecule has 4 rings (SSSR count). The van der Waals surface area contributed by atoms with Crippen LogP contribution >= 0.6 is 27.3 Å². The molecule has 0 fully saturated rings. The number of halogens is 1. The van der Waals surface area contributed by atoms with Gasteiger partial charge in [-0.2, -0.15) is 0 Å². The summed E-state index contributed by atoms with van der Waals surface area (Å²) in [5.41, 5.74) is 2.03. The Balaban J connectivity index is 1.61. The molecule has 0 atom stereocenters. The van der Waals surface area contributed by atoms with Crippen LogP contribution in [0.4, 0.5) is 0 Å². The van der Waals surface area contributed by atoms with Gasteiger partial charge in [0.05, 0.1) is 4.47 Å². The number of carbonyl (C=O) groups is 2. The van der Waals surface area contributed by atoms with Crippen LogP contribution in [0, 0.1) is 5.41 Å². The summed E-state index contributed by atoms with van der Waals surface area (Å²) in [6, 6.07) is 18.0. The first kappa shape index (κ1) is 23.5. The van der Waals surface area contributed by atoms with Crippen molar-refractivity contribution in [3.8, 4) is 16.2 Å². The molecule has 4 aromatic rings. The molecular formula is C27H25BrO4S. The van der Waals surface area contributed by atoms with Crippen LogP contribution < -0.4 is 4.89 Å². The molecule has 3 aromatic carbocycles. The van der Waals surface area contributed by atoms with E-state index in [2.05, 4.69) is 59.8 Å².